The van der Waals surface area contributed by atoms with Crippen molar-refractivity contribution < 1.29 is 24.3 Å². The first kappa shape index (κ1) is 22.3. The van der Waals surface area contributed by atoms with Gasteiger partial charge in [-0.05, 0) is 24.3 Å². The van der Waals surface area contributed by atoms with Gasteiger partial charge in [0.1, 0.15) is 6.29 Å². The first-order chi connectivity index (χ1) is 12.8. The van der Waals surface area contributed by atoms with E-state index in [1.165, 1.54) is 5.56 Å². The largest absolute Gasteiger partial charge is 0.481 e. The maximum atomic E-state index is 12.3. The molecule has 3 N–H and O–H groups in total. The number of benzene rings is 1. The van der Waals surface area contributed by atoms with Crippen LogP contribution in [0, 0.1) is 11.8 Å². The summed E-state index contributed by atoms with van der Waals surface area (Å²) in [6.45, 7) is 4.12. The van der Waals surface area contributed by atoms with Gasteiger partial charge in [0, 0.05) is 18.9 Å². The summed E-state index contributed by atoms with van der Waals surface area (Å²) in [6.07, 6.45) is 1.55. The monoisotopic (exact) mass is 376 g/mol. The molecule has 0 radical (unpaired) electrons. The van der Waals surface area contributed by atoms with Crippen molar-refractivity contribution in [2.75, 3.05) is 6.54 Å². The molecular weight excluding hydrogens is 348 g/mol. The number of carbonyl (C=O) groups is 4. The second kappa shape index (κ2) is 11.8. The van der Waals surface area contributed by atoms with E-state index in [0.717, 1.165) is 12.8 Å². The van der Waals surface area contributed by atoms with Crippen molar-refractivity contribution >= 4 is 24.1 Å². The number of hydrogen-bond acceptors (Lipinski definition) is 4. The number of amides is 2. The van der Waals surface area contributed by atoms with E-state index in [-0.39, 0.29) is 18.2 Å². The lowest BCUT2D eigenvalue weighted by atomic mass is 9.91. The van der Waals surface area contributed by atoms with E-state index in [9.17, 15) is 19.2 Å². The van der Waals surface area contributed by atoms with E-state index in [1.807, 2.05) is 30.3 Å². The molecular formula is C20H28N2O5. The molecule has 7 nitrogen and oxygen atoms in total. The van der Waals surface area contributed by atoms with Gasteiger partial charge in [0.25, 0.3) is 0 Å². The van der Waals surface area contributed by atoms with Gasteiger partial charge in [0.05, 0.1) is 12.5 Å². The second-order valence-corrected chi connectivity index (χ2v) is 6.84. The third-order valence-corrected chi connectivity index (χ3v) is 4.24. The van der Waals surface area contributed by atoms with Crippen LogP contribution in [-0.4, -0.2) is 41.8 Å². The normalized spacial score (nSPS) is 12.9. The Kier molecular flexibility index (Phi) is 9.79. The molecule has 148 valence electrons. The molecule has 0 spiro atoms. The van der Waals surface area contributed by atoms with Gasteiger partial charge in [0.2, 0.25) is 11.8 Å². The van der Waals surface area contributed by atoms with Gasteiger partial charge < -0.3 is 20.5 Å². The zero-order valence-corrected chi connectivity index (χ0v) is 15.8. The van der Waals surface area contributed by atoms with Crippen LogP contribution in [0.2, 0.25) is 0 Å². The topological polar surface area (TPSA) is 113 Å². The summed E-state index contributed by atoms with van der Waals surface area (Å²) in [5.74, 6) is -2.65. The maximum Gasteiger partial charge on any atom is 0.305 e. The Morgan fingerprint density at radius 2 is 1.78 bits per heavy atom. The average molecular weight is 376 g/mol. The number of carboxylic acid groups (broad SMARTS) is 1. The number of rotatable bonds is 12. The minimum Gasteiger partial charge on any atom is -0.481 e. The summed E-state index contributed by atoms with van der Waals surface area (Å²) in [5.41, 5.74) is 1.20. The van der Waals surface area contributed by atoms with Crippen LogP contribution in [0.5, 0.6) is 0 Å². The smallest absolute Gasteiger partial charge is 0.305 e. The van der Waals surface area contributed by atoms with E-state index < -0.39 is 30.3 Å². The molecule has 2 atom stereocenters. The highest BCUT2D eigenvalue weighted by Gasteiger charge is 2.27. The van der Waals surface area contributed by atoms with Gasteiger partial charge in [-0.1, -0.05) is 44.2 Å². The Bertz CT molecular complexity index is 631. The predicted octanol–water partition coefficient (Wildman–Crippen LogP) is 1.56. The zero-order valence-electron chi connectivity index (χ0n) is 15.8. The van der Waals surface area contributed by atoms with Crippen LogP contribution in [0.25, 0.3) is 0 Å². The summed E-state index contributed by atoms with van der Waals surface area (Å²) in [5, 5.41) is 14.0. The standard InChI is InChI=1S/C20H28N2O5/c1-14(2)17(20(27)22-16(13-23)11-19(25)26)12-18(24)21-10-6-9-15-7-4-3-5-8-15/h3-5,7-8,13-14,16-17H,6,9-12H2,1-2H3,(H,21,24)(H,22,27)(H,25,26)/t16-,17-/m0/s1. The van der Waals surface area contributed by atoms with E-state index in [0.29, 0.717) is 12.8 Å². The van der Waals surface area contributed by atoms with Crippen molar-refractivity contribution in [1.82, 2.24) is 10.6 Å². The van der Waals surface area contributed by atoms with Crippen LogP contribution in [-0.2, 0) is 25.6 Å². The fourth-order valence-corrected chi connectivity index (χ4v) is 2.68. The summed E-state index contributed by atoms with van der Waals surface area (Å²) < 4.78 is 0. The van der Waals surface area contributed by atoms with E-state index in [1.54, 1.807) is 13.8 Å². The van der Waals surface area contributed by atoms with Crippen molar-refractivity contribution in [3.05, 3.63) is 35.9 Å². The second-order valence-electron chi connectivity index (χ2n) is 6.84. The van der Waals surface area contributed by atoms with Crippen molar-refractivity contribution in [1.29, 1.82) is 0 Å². The molecule has 7 heteroatoms. The summed E-state index contributed by atoms with van der Waals surface area (Å²) in [6, 6.07) is 8.86. The molecule has 2 amide bonds. The van der Waals surface area contributed by atoms with E-state index in [4.69, 9.17) is 5.11 Å². The fraction of sp³-hybridized carbons (Fsp3) is 0.500. The van der Waals surface area contributed by atoms with Crippen LogP contribution in [0.3, 0.4) is 0 Å². The molecule has 0 aliphatic rings. The summed E-state index contributed by atoms with van der Waals surface area (Å²) >= 11 is 0. The SMILES string of the molecule is CC(C)[C@H](CC(=O)NCCCc1ccccc1)C(=O)N[C@H](C=O)CC(=O)O. The highest BCUT2D eigenvalue weighted by Crippen LogP contribution is 2.16. The van der Waals surface area contributed by atoms with Gasteiger partial charge in [-0.25, -0.2) is 0 Å². The Balaban J connectivity index is 2.45. The van der Waals surface area contributed by atoms with Crippen LogP contribution in [0.1, 0.15) is 38.7 Å². The Morgan fingerprint density at radius 3 is 2.33 bits per heavy atom. The highest BCUT2D eigenvalue weighted by atomic mass is 16.4. The van der Waals surface area contributed by atoms with Crippen LogP contribution in [0.15, 0.2) is 30.3 Å². The lowest BCUT2D eigenvalue weighted by molar-refractivity contribution is -0.139. The van der Waals surface area contributed by atoms with Crippen LogP contribution in [0.4, 0.5) is 0 Å². The molecule has 1 aromatic carbocycles. The molecule has 0 aliphatic heterocycles. The first-order valence-electron chi connectivity index (χ1n) is 9.11. The lowest BCUT2D eigenvalue weighted by Gasteiger charge is -2.21. The van der Waals surface area contributed by atoms with Crippen molar-refractivity contribution in [2.24, 2.45) is 11.8 Å². The molecule has 0 bridgehead atoms. The molecule has 1 rings (SSSR count). The van der Waals surface area contributed by atoms with Crippen molar-refractivity contribution in [3.63, 3.8) is 0 Å². The molecule has 0 heterocycles. The average Bonchev–Trinajstić information content (AvgIpc) is 2.62. The molecule has 0 saturated carbocycles. The molecule has 1 aromatic rings. The van der Waals surface area contributed by atoms with Gasteiger partial charge in [0.15, 0.2) is 0 Å². The van der Waals surface area contributed by atoms with Crippen LogP contribution >= 0.6 is 0 Å². The Morgan fingerprint density at radius 1 is 1.11 bits per heavy atom. The van der Waals surface area contributed by atoms with E-state index in [2.05, 4.69) is 10.6 Å². The number of carboxylic acids is 1. The van der Waals surface area contributed by atoms with Crippen LogP contribution < -0.4 is 10.6 Å². The minimum absolute atomic E-state index is 0.00646. The minimum atomic E-state index is -1.18. The number of aryl methyl sites for hydroxylation is 1. The fourth-order valence-electron chi connectivity index (χ4n) is 2.68. The van der Waals surface area contributed by atoms with Crippen molar-refractivity contribution in [2.45, 2.75) is 45.6 Å². The maximum absolute atomic E-state index is 12.3. The summed E-state index contributed by atoms with van der Waals surface area (Å²) in [7, 11) is 0. The Labute approximate surface area is 159 Å². The quantitative estimate of drug-likeness (QED) is 0.378. The van der Waals surface area contributed by atoms with Gasteiger partial charge in [-0.15, -0.1) is 0 Å². The highest BCUT2D eigenvalue weighted by molar-refractivity contribution is 5.88. The molecule has 27 heavy (non-hydrogen) atoms. The number of aliphatic carboxylic acids is 1. The van der Waals surface area contributed by atoms with Gasteiger partial charge in [-0.3, -0.25) is 14.4 Å². The number of aldehydes is 1. The molecule has 0 fully saturated rings. The molecule has 0 aromatic heterocycles. The molecule has 0 saturated heterocycles. The number of nitrogens with one attached hydrogen (secondary N) is 2. The summed E-state index contributed by atoms with van der Waals surface area (Å²) in [4.78, 5) is 46.1. The number of carbonyl (C=O) groups excluding carboxylic acids is 3. The predicted molar refractivity (Wildman–Crippen MR) is 101 cm³/mol. The van der Waals surface area contributed by atoms with E-state index >= 15 is 0 Å². The third kappa shape index (κ3) is 8.99. The Hall–Kier alpha value is -2.70. The third-order valence-electron chi connectivity index (χ3n) is 4.24. The number of hydrogen-bond donors (Lipinski definition) is 3. The van der Waals surface area contributed by atoms with Gasteiger partial charge in [-0.2, -0.15) is 0 Å². The molecule has 0 unspecified atom stereocenters. The lowest BCUT2D eigenvalue weighted by Crippen LogP contribution is -2.44. The van der Waals surface area contributed by atoms with Gasteiger partial charge >= 0.3 is 5.97 Å². The zero-order chi connectivity index (χ0) is 20.2. The first-order valence-corrected chi connectivity index (χ1v) is 9.11. The molecule has 0 aliphatic carbocycles. The van der Waals surface area contributed by atoms with Crippen molar-refractivity contribution in [3.8, 4) is 0 Å².